The Morgan fingerprint density at radius 1 is 1.30 bits per heavy atom. The van der Waals surface area contributed by atoms with Gasteiger partial charge in [0.05, 0.1) is 10.6 Å². The first-order valence-electron chi connectivity index (χ1n) is 8.43. The van der Waals surface area contributed by atoms with Crippen LogP contribution in [0.15, 0.2) is 34.3 Å². The van der Waals surface area contributed by atoms with Crippen molar-refractivity contribution in [2.45, 2.75) is 44.6 Å². The van der Waals surface area contributed by atoms with Crippen LogP contribution in [0.25, 0.3) is 0 Å². The minimum atomic E-state index is -3.66. The van der Waals surface area contributed by atoms with E-state index >= 15 is 0 Å². The molecule has 3 N–H and O–H groups in total. The molecular weight excluding hydrogens is 388 g/mol. The zero-order valence-electron chi connectivity index (χ0n) is 15.9. The lowest BCUT2D eigenvalue weighted by Crippen LogP contribution is -2.37. The molecular formula is C17H26N4O4S2. The fraction of sp³-hybridized carbons (Fsp3) is 0.471. The van der Waals surface area contributed by atoms with Gasteiger partial charge < -0.3 is 10.4 Å². The summed E-state index contributed by atoms with van der Waals surface area (Å²) in [4.78, 5) is 10.7. The first kappa shape index (κ1) is 23.0. The van der Waals surface area contributed by atoms with Crippen molar-refractivity contribution in [3.63, 3.8) is 0 Å². The Kier molecular flexibility index (Phi) is 8.80. The van der Waals surface area contributed by atoms with E-state index in [2.05, 4.69) is 15.8 Å². The summed E-state index contributed by atoms with van der Waals surface area (Å²) in [5.41, 5.74) is 4.15. The Balaban J connectivity index is 2.79. The number of carboxylic acids is 1. The molecule has 0 aromatic heterocycles. The lowest BCUT2D eigenvalue weighted by atomic mass is 10.1. The Bertz CT molecular complexity index is 790. The Morgan fingerprint density at radius 2 is 1.89 bits per heavy atom. The minimum absolute atomic E-state index is 0.0744. The fourth-order valence-corrected chi connectivity index (χ4v) is 3.61. The van der Waals surface area contributed by atoms with Crippen molar-refractivity contribution >= 4 is 39.0 Å². The topological polar surface area (TPSA) is 111 Å². The van der Waals surface area contributed by atoms with Gasteiger partial charge in [0.1, 0.15) is 0 Å². The van der Waals surface area contributed by atoms with Crippen molar-refractivity contribution in [3.8, 4) is 0 Å². The standard InChI is InChI=1S/C17H26N4O4S2/c1-12(2)18-17(26)20-19-13(3)14-7-9-15(10-8-14)27(24,25)21(4)11-5-6-16(22)23/h7-10,12H,5-6,11H2,1-4H3,(H,22,23)(H2,18,20,26)/b19-13-. The van der Waals surface area contributed by atoms with Crippen LogP contribution in [0.3, 0.4) is 0 Å². The molecule has 27 heavy (non-hydrogen) atoms. The number of thiocarbonyl (C=S) groups is 1. The zero-order valence-corrected chi connectivity index (χ0v) is 17.5. The van der Waals surface area contributed by atoms with Gasteiger partial charge in [-0.05, 0) is 57.1 Å². The van der Waals surface area contributed by atoms with E-state index in [-0.39, 0.29) is 30.3 Å². The van der Waals surface area contributed by atoms with E-state index < -0.39 is 16.0 Å². The van der Waals surface area contributed by atoms with Crippen molar-refractivity contribution in [2.24, 2.45) is 5.10 Å². The van der Waals surface area contributed by atoms with Crippen LogP contribution in [-0.4, -0.2) is 54.3 Å². The van der Waals surface area contributed by atoms with Gasteiger partial charge in [-0.25, -0.2) is 12.7 Å². The first-order chi connectivity index (χ1) is 12.5. The number of sulfonamides is 1. The van der Waals surface area contributed by atoms with Crippen LogP contribution in [0.4, 0.5) is 0 Å². The monoisotopic (exact) mass is 414 g/mol. The average Bonchev–Trinajstić information content (AvgIpc) is 2.58. The molecule has 0 heterocycles. The summed E-state index contributed by atoms with van der Waals surface area (Å²) in [7, 11) is -2.23. The highest BCUT2D eigenvalue weighted by atomic mass is 32.2. The molecule has 1 rings (SSSR count). The number of nitrogens with zero attached hydrogens (tertiary/aromatic N) is 2. The molecule has 0 unspecified atom stereocenters. The van der Waals surface area contributed by atoms with Crippen molar-refractivity contribution in [1.29, 1.82) is 0 Å². The van der Waals surface area contributed by atoms with Gasteiger partial charge in [0.15, 0.2) is 5.11 Å². The molecule has 0 atom stereocenters. The van der Waals surface area contributed by atoms with Crippen LogP contribution in [-0.2, 0) is 14.8 Å². The summed E-state index contributed by atoms with van der Waals surface area (Å²) >= 11 is 5.10. The predicted molar refractivity (Wildman–Crippen MR) is 109 cm³/mol. The highest BCUT2D eigenvalue weighted by molar-refractivity contribution is 7.89. The smallest absolute Gasteiger partial charge is 0.303 e. The van der Waals surface area contributed by atoms with E-state index in [4.69, 9.17) is 17.3 Å². The number of benzene rings is 1. The third kappa shape index (κ3) is 7.61. The van der Waals surface area contributed by atoms with Crippen LogP contribution >= 0.6 is 12.2 Å². The van der Waals surface area contributed by atoms with Crippen molar-refractivity contribution in [3.05, 3.63) is 29.8 Å². The summed E-state index contributed by atoms with van der Waals surface area (Å²) in [5.74, 6) is -0.948. The SMILES string of the molecule is C/C(=N/NC(=S)NC(C)C)c1ccc(S(=O)(=O)N(C)CCCC(=O)O)cc1. The zero-order chi connectivity index (χ0) is 20.6. The third-order valence-electron chi connectivity index (χ3n) is 3.59. The fourth-order valence-electron chi connectivity index (χ4n) is 2.11. The predicted octanol–water partition coefficient (Wildman–Crippen LogP) is 1.77. The number of hydrazone groups is 1. The molecule has 0 saturated carbocycles. The number of carboxylic acid groups (broad SMARTS) is 1. The van der Waals surface area contributed by atoms with E-state index in [1.54, 1.807) is 19.1 Å². The lowest BCUT2D eigenvalue weighted by Gasteiger charge is -2.17. The van der Waals surface area contributed by atoms with Gasteiger partial charge >= 0.3 is 5.97 Å². The minimum Gasteiger partial charge on any atom is -0.481 e. The van der Waals surface area contributed by atoms with E-state index in [1.807, 2.05) is 13.8 Å². The molecule has 0 saturated heterocycles. The highest BCUT2D eigenvalue weighted by Gasteiger charge is 2.20. The average molecular weight is 415 g/mol. The number of aliphatic carboxylic acids is 1. The molecule has 0 bridgehead atoms. The van der Waals surface area contributed by atoms with Crippen LogP contribution in [0, 0.1) is 0 Å². The van der Waals surface area contributed by atoms with E-state index in [9.17, 15) is 13.2 Å². The van der Waals surface area contributed by atoms with Crippen LogP contribution in [0.5, 0.6) is 0 Å². The second-order valence-electron chi connectivity index (χ2n) is 6.29. The maximum absolute atomic E-state index is 12.5. The van der Waals surface area contributed by atoms with Gasteiger partial charge in [-0.1, -0.05) is 12.1 Å². The largest absolute Gasteiger partial charge is 0.481 e. The van der Waals surface area contributed by atoms with Crippen LogP contribution < -0.4 is 10.7 Å². The number of hydrogen-bond acceptors (Lipinski definition) is 5. The molecule has 8 nitrogen and oxygen atoms in total. The summed E-state index contributed by atoms with van der Waals surface area (Å²) in [6, 6.07) is 6.52. The molecule has 0 aliphatic rings. The summed E-state index contributed by atoms with van der Waals surface area (Å²) < 4.78 is 26.2. The first-order valence-corrected chi connectivity index (χ1v) is 10.3. The summed E-state index contributed by atoms with van der Waals surface area (Å²) in [6.45, 7) is 5.85. The van der Waals surface area contributed by atoms with Gasteiger partial charge in [-0.3, -0.25) is 10.2 Å². The molecule has 0 aliphatic heterocycles. The van der Waals surface area contributed by atoms with E-state index in [1.165, 1.54) is 19.2 Å². The van der Waals surface area contributed by atoms with Crippen molar-refractivity contribution < 1.29 is 18.3 Å². The molecule has 0 aliphatic carbocycles. The van der Waals surface area contributed by atoms with Crippen molar-refractivity contribution in [2.75, 3.05) is 13.6 Å². The molecule has 0 fully saturated rings. The number of carbonyl (C=O) groups is 1. The van der Waals surface area contributed by atoms with Gasteiger partial charge in [-0.2, -0.15) is 5.10 Å². The second kappa shape index (κ2) is 10.3. The van der Waals surface area contributed by atoms with E-state index in [0.29, 0.717) is 10.8 Å². The molecule has 150 valence electrons. The normalized spacial score (nSPS) is 12.3. The van der Waals surface area contributed by atoms with Gasteiger partial charge in [0, 0.05) is 26.1 Å². The van der Waals surface area contributed by atoms with Crippen LogP contribution in [0.2, 0.25) is 0 Å². The third-order valence-corrected chi connectivity index (χ3v) is 5.67. The molecule has 0 amide bonds. The molecule has 0 spiro atoms. The van der Waals surface area contributed by atoms with Crippen molar-refractivity contribution in [1.82, 2.24) is 15.0 Å². The van der Waals surface area contributed by atoms with Gasteiger partial charge in [0.2, 0.25) is 10.0 Å². The summed E-state index contributed by atoms with van der Waals surface area (Å²) in [6.07, 6.45) is 0.180. The Labute approximate surface area is 165 Å². The molecule has 1 aromatic carbocycles. The summed E-state index contributed by atoms with van der Waals surface area (Å²) in [5, 5.41) is 16.2. The lowest BCUT2D eigenvalue weighted by molar-refractivity contribution is -0.137. The molecule has 1 aromatic rings. The number of rotatable bonds is 9. The van der Waals surface area contributed by atoms with Gasteiger partial charge in [0.25, 0.3) is 0 Å². The number of hydrogen-bond donors (Lipinski definition) is 3. The van der Waals surface area contributed by atoms with E-state index in [0.717, 1.165) is 9.87 Å². The second-order valence-corrected chi connectivity index (χ2v) is 8.74. The Hall–Kier alpha value is -2.04. The maximum Gasteiger partial charge on any atom is 0.303 e. The number of nitrogens with one attached hydrogen (secondary N) is 2. The molecule has 10 heteroatoms. The highest BCUT2D eigenvalue weighted by Crippen LogP contribution is 2.16. The quantitative estimate of drug-likeness (QED) is 0.321. The van der Waals surface area contributed by atoms with Gasteiger partial charge in [-0.15, -0.1) is 0 Å². The molecule has 0 radical (unpaired) electrons. The Morgan fingerprint density at radius 3 is 2.41 bits per heavy atom. The van der Waals surface area contributed by atoms with Crippen LogP contribution in [0.1, 0.15) is 39.2 Å². The maximum atomic E-state index is 12.5.